The predicted octanol–water partition coefficient (Wildman–Crippen LogP) is 5.74. The fraction of sp³-hybridized carbons (Fsp3) is 0.294. The maximum Gasteiger partial charge on any atom is 0.0216 e. The first-order valence-corrected chi connectivity index (χ1v) is 8.97. The van der Waals surface area contributed by atoms with Crippen molar-refractivity contribution in [1.29, 1.82) is 0 Å². The molecule has 0 atom stereocenters. The van der Waals surface area contributed by atoms with E-state index in [0.29, 0.717) is 5.41 Å². The Labute approximate surface area is 141 Å². The van der Waals surface area contributed by atoms with Gasteiger partial charge in [-0.2, -0.15) is 0 Å². The molecule has 0 N–H and O–H groups in total. The number of hydrogen-bond acceptors (Lipinski definition) is 0. The second-order valence-electron chi connectivity index (χ2n) is 5.67. The van der Waals surface area contributed by atoms with Crippen LogP contribution in [0.25, 0.3) is 11.1 Å². The van der Waals surface area contributed by atoms with E-state index in [4.69, 9.17) is 0 Å². The smallest absolute Gasteiger partial charge is 0.0216 e. The normalized spacial score (nSPS) is 18.6. The van der Waals surface area contributed by atoms with Gasteiger partial charge in [0.1, 0.15) is 0 Å². The fourth-order valence-corrected chi connectivity index (χ4v) is 4.94. The molecule has 19 heavy (non-hydrogen) atoms. The van der Waals surface area contributed by atoms with Crippen LogP contribution in [0.15, 0.2) is 36.4 Å². The van der Waals surface area contributed by atoms with Gasteiger partial charge in [-0.1, -0.05) is 25.0 Å². The molecule has 0 bridgehead atoms. The van der Waals surface area contributed by atoms with Crippen LogP contribution in [0.1, 0.15) is 36.8 Å². The van der Waals surface area contributed by atoms with Gasteiger partial charge < -0.3 is 0 Å². The molecule has 0 amide bonds. The molecule has 2 aromatic rings. The molecule has 1 spiro atoms. The first kappa shape index (κ1) is 12.6. The van der Waals surface area contributed by atoms with Crippen LogP contribution in [-0.4, -0.2) is 0 Å². The molecule has 0 aromatic heterocycles. The van der Waals surface area contributed by atoms with Gasteiger partial charge in [-0.25, -0.2) is 0 Å². The summed E-state index contributed by atoms with van der Waals surface area (Å²) in [5, 5.41) is 0. The van der Waals surface area contributed by atoms with E-state index in [9.17, 15) is 0 Å². The van der Waals surface area contributed by atoms with Gasteiger partial charge in [0.2, 0.25) is 0 Å². The topological polar surface area (TPSA) is 0 Å². The van der Waals surface area contributed by atoms with Crippen molar-refractivity contribution in [3.05, 3.63) is 54.7 Å². The zero-order chi connectivity index (χ0) is 13.0. The molecule has 1 fully saturated rings. The van der Waals surface area contributed by atoms with Crippen molar-refractivity contribution in [2.45, 2.75) is 31.1 Å². The second kappa shape index (κ2) is 4.45. The molecule has 0 radical (unpaired) electrons. The highest BCUT2D eigenvalue weighted by Gasteiger charge is 2.44. The van der Waals surface area contributed by atoms with Crippen LogP contribution in [-0.2, 0) is 5.41 Å². The molecular formula is C17H14I2. The predicted molar refractivity (Wildman–Crippen MR) is 96.6 cm³/mol. The molecule has 96 valence electrons. The lowest BCUT2D eigenvalue weighted by Crippen LogP contribution is -2.20. The summed E-state index contributed by atoms with van der Waals surface area (Å²) in [4.78, 5) is 0. The first-order chi connectivity index (χ1) is 9.21. The third-order valence-electron chi connectivity index (χ3n) is 4.74. The van der Waals surface area contributed by atoms with Gasteiger partial charge in [0, 0.05) is 12.6 Å². The Bertz CT molecular complexity index is 613. The summed E-state index contributed by atoms with van der Waals surface area (Å²) in [5.41, 5.74) is 6.47. The van der Waals surface area contributed by atoms with Gasteiger partial charge in [0.15, 0.2) is 0 Å². The van der Waals surface area contributed by atoms with Gasteiger partial charge in [-0.15, -0.1) is 0 Å². The summed E-state index contributed by atoms with van der Waals surface area (Å²) in [7, 11) is 0. The summed E-state index contributed by atoms with van der Waals surface area (Å²) >= 11 is 4.90. The van der Waals surface area contributed by atoms with Gasteiger partial charge in [0.25, 0.3) is 0 Å². The van der Waals surface area contributed by atoms with Crippen LogP contribution in [0.5, 0.6) is 0 Å². The summed E-state index contributed by atoms with van der Waals surface area (Å²) in [6.07, 6.45) is 5.39. The molecule has 2 aliphatic rings. The van der Waals surface area contributed by atoms with Gasteiger partial charge in [-0.3, -0.25) is 0 Å². The minimum absolute atomic E-state index is 0.326. The SMILES string of the molecule is Ic1ccc2c(c1)C1(CCCC1)c1cc(I)ccc1-2. The molecule has 0 unspecified atom stereocenters. The Morgan fingerprint density at radius 1 is 0.737 bits per heavy atom. The summed E-state index contributed by atoms with van der Waals surface area (Å²) < 4.78 is 2.73. The average molecular weight is 472 g/mol. The third-order valence-corrected chi connectivity index (χ3v) is 6.08. The number of halogens is 2. The summed E-state index contributed by atoms with van der Waals surface area (Å²) in [5.74, 6) is 0. The number of hydrogen-bond donors (Lipinski definition) is 0. The Morgan fingerprint density at radius 2 is 1.21 bits per heavy atom. The van der Waals surface area contributed by atoms with E-state index in [1.54, 1.807) is 11.1 Å². The van der Waals surface area contributed by atoms with Crippen LogP contribution in [0.2, 0.25) is 0 Å². The monoisotopic (exact) mass is 472 g/mol. The van der Waals surface area contributed by atoms with Crippen molar-refractivity contribution in [2.24, 2.45) is 0 Å². The summed E-state index contributed by atoms with van der Waals surface area (Å²) in [6, 6.07) is 14.0. The Morgan fingerprint density at radius 3 is 1.68 bits per heavy atom. The Hall–Kier alpha value is -0.100. The molecule has 0 saturated heterocycles. The van der Waals surface area contributed by atoms with E-state index in [0.717, 1.165) is 0 Å². The minimum atomic E-state index is 0.326. The quantitative estimate of drug-likeness (QED) is 0.430. The van der Waals surface area contributed by atoms with Crippen molar-refractivity contribution in [3.63, 3.8) is 0 Å². The van der Waals surface area contributed by atoms with Crippen molar-refractivity contribution in [1.82, 2.24) is 0 Å². The number of benzene rings is 2. The van der Waals surface area contributed by atoms with Crippen LogP contribution < -0.4 is 0 Å². The maximum atomic E-state index is 2.45. The van der Waals surface area contributed by atoms with Gasteiger partial charge in [-0.05, 0) is 105 Å². The number of fused-ring (bicyclic) bond motifs is 5. The molecule has 1 saturated carbocycles. The lowest BCUT2D eigenvalue weighted by molar-refractivity contribution is 0.549. The zero-order valence-corrected chi connectivity index (χ0v) is 14.9. The Kier molecular flexibility index (Phi) is 2.96. The van der Waals surface area contributed by atoms with Crippen LogP contribution in [0.3, 0.4) is 0 Å². The van der Waals surface area contributed by atoms with Crippen molar-refractivity contribution in [2.75, 3.05) is 0 Å². The van der Waals surface area contributed by atoms with E-state index < -0.39 is 0 Å². The third kappa shape index (κ3) is 1.75. The Balaban J connectivity index is 2.07. The molecule has 2 aromatic carbocycles. The molecule has 2 heteroatoms. The molecule has 0 nitrogen and oxygen atoms in total. The average Bonchev–Trinajstić information content (AvgIpc) is 2.97. The number of rotatable bonds is 0. The lowest BCUT2D eigenvalue weighted by atomic mass is 9.77. The standard InChI is InChI=1S/C17H14I2/c18-11-3-5-13-14-6-4-12(19)10-16(14)17(15(13)9-11)7-1-2-8-17/h3-6,9-10H,1-2,7-8H2. The molecular weight excluding hydrogens is 458 g/mol. The van der Waals surface area contributed by atoms with Crippen LogP contribution in [0, 0.1) is 7.14 Å². The van der Waals surface area contributed by atoms with E-state index in [1.807, 2.05) is 0 Å². The molecule has 4 rings (SSSR count). The largest absolute Gasteiger partial charge is 0.0530 e. The minimum Gasteiger partial charge on any atom is -0.0530 e. The highest BCUT2D eigenvalue weighted by Crippen LogP contribution is 2.57. The van der Waals surface area contributed by atoms with E-state index in [1.165, 1.54) is 44.0 Å². The van der Waals surface area contributed by atoms with Gasteiger partial charge >= 0.3 is 0 Å². The maximum absolute atomic E-state index is 2.45. The molecule has 2 aliphatic carbocycles. The van der Waals surface area contributed by atoms with Crippen molar-refractivity contribution in [3.8, 4) is 11.1 Å². The zero-order valence-electron chi connectivity index (χ0n) is 10.5. The highest BCUT2D eigenvalue weighted by atomic mass is 127. The van der Waals surface area contributed by atoms with E-state index in [2.05, 4.69) is 81.6 Å². The fourth-order valence-electron chi connectivity index (χ4n) is 3.96. The molecule has 0 aliphatic heterocycles. The van der Waals surface area contributed by atoms with Gasteiger partial charge in [0.05, 0.1) is 0 Å². The van der Waals surface area contributed by atoms with E-state index in [-0.39, 0.29) is 0 Å². The second-order valence-corrected chi connectivity index (χ2v) is 8.16. The molecule has 0 heterocycles. The lowest BCUT2D eigenvalue weighted by Gasteiger charge is -2.26. The van der Waals surface area contributed by atoms with Crippen molar-refractivity contribution < 1.29 is 0 Å². The van der Waals surface area contributed by atoms with Crippen LogP contribution in [0.4, 0.5) is 0 Å². The van der Waals surface area contributed by atoms with Crippen LogP contribution >= 0.6 is 45.2 Å². The van der Waals surface area contributed by atoms with Crippen molar-refractivity contribution >= 4 is 45.2 Å². The summed E-state index contributed by atoms with van der Waals surface area (Å²) in [6.45, 7) is 0. The highest BCUT2D eigenvalue weighted by molar-refractivity contribution is 14.1. The van der Waals surface area contributed by atoms with E-state index >= 15 is 0 Å². The first-order valence-electron chi connectivity index (χ1n) is 6.81.